The average Bonchev–Trinajstić information content (AvgIpc) is 2.27. The van der Waals surface area contributed by atoms with E-state index < -0.39 is 0 Å². The van der Waals surface area contributed by atoms with Crippen molar-refractivity contribution in [3.05, 3.63) is 0 Å². The summed E-state index contributed by atoms with van der Waals surface area (Å²) >= 11 is 0. The molecular formula is C16H32N2. The standard InChI is InChI=1S/C16H32N2/c1-14(2)6-5-9-17-12-16(13-17)7-10-18(11-8-16)15(3)4/h14-15H,5-13H2,1-4H3. The fourth-order valence-electron chi connectivity index (χ4n) is 3.61. The highest BCUT2D eigenvalue weighted by atomic mass is 15.2. The highest BCUT2D eigenvalue weighted by molar-refractivity contribution is 4.98. The maximum atomic E-state index is 2.69. The molecule has 18 heavy (non-hydrogen) atoms. The summed E-state index contributed by atoms with van der Waals surface area (Å²) in [5, 5.41) is 0. The van der Waals surface area contributed by atoms with Gasteiger partial charge in [0.1, 0.15) is 0 Å². The number of nitrogens with zero attached hydrogens (tertiary/aromatic N) is 2. The molecule has 2 heterocycles. The first-order valence-electron chi connectivity index (χ1n) is 7.97. The van der Waals surface area contributed by atoms with Crippen LogP contribution in [-0.4, -0.2) is 48.6 Å². The second-order valence-corrected chi connectivity index (χ2v) is 7.38. The van der Waals surface area contributed by atoms with E-state index in [1.54, 1.807) is 0 Å². The minimum atomic E-state index is 0.712. The largest absolute Gasteiger partial charge is 0.302 e. The Morgan fingerprint density at radius 1 is 1.00 bits per heavy atom. The van der Waals surface area contributed by atoms with Gasteiger partial charge in [0.2, 0.25) is 0 Å². The van der Waals surface area contributed by atoms with Crippen LogP contribution in [0.3, 0.4) is 0 Å². The first-order chi connectivity index (χ1) is 8.51. The van der Waals surface area contributed by atoms with E-state index in [4.69, 9.17) is 0 Å². The smallest absolute Gasteiger partial charge is 0.00514 e. The first-order valence-corrected chi connectivity index (χ1v) is 7.97. The summed E-state index contributed by atoms with van der Waals surface area (Å²) in [4.78, 5) is 5.33. The van der Waals surface area contributed by atoms with Gasteiger partial charge in [0, 0.05) is 19.1 Å². The van der Waals surface area contributed by atoms with E-state index in [-0.39, 0.29) is 0 Å². The van der Waals surface area contributed by atoms with Gasteiger partial charge in [0.05, 0.1) is 0 Å². The zero-order valence-corrected chi connectivity index (χ0v) is 12.9. The van der Waals surface area contributed by atoms with Crippen molar-refractivity contribution >= 4 is 0 Å². The lowest BCUT2D eigenvalue weighted by molar-refractivity contribution is -0.0518. The van der Waals surface area contributed by atoms with Gasteiger partial charge in [0.15, 0.2) is 0 Å². The summed E-state index contributed by atoms with van der Waals surface area (Å²) in [6.07, 6.45) is 5.66. The van der Waals surface area contributed by atoms with Gasteiger partial charge in [-0.2, -0.15) is 0 Å². The van der Waals surface area contributed by atoms with Gasteiger partial charge in [-0.25, -0.2) is 0 Å². The Balaban J connectivity index is 1.63. The predicted octanol–water partition coefficient (Wildman–Crippen LogP) is 3.23. The van der Waals surface area contributed by atoms with Crippen molar-refractivity contribution in [2.24, 2.45) is 11.3 Å². The topological polar surface area (TPSA) is 6.48 Å². The molecule has 2 nitrogen and oxygen atoms in total. The van der Waals surface area contributed by atoms with E-state index >= 15 is 0 Å². The van der Waals surface area contributed by atoms with E-state index in [9.17, 15) is 0 Å². The van der Waals surface area contributed by atoms with Crippen LogP contribution in [0.4, 0.5) is 0 Å². The van der Waals surface area contributed by atoms with Gasteiger partial charge < -0.3 is 9.80 Å². The molecule has 2 rings (SSSR count). The quantitative estimate of drug-likeness (QED) is 0.741. The normalized spacial score (nSPS) is 25.0. The fourth-order valence-corrected chi connectivity index (χ4v) is 3.61. The molecule has 0 bridgehead atoms. The number of hydrogen-bond donors (Lipinski definition) is 0. The van der Waals surface area contributed by atoms with Crippen molar-refractivity contribution in [2.45, 2.75) is 59.4 Å². The molecule has 106 valence electrons. The van der Waals surface area contributed by atoms with Crippen LogP contribution >= 0.6 is 0 Å². The van der Waals surface area contributed by atoms with Crippen molar-refractivity contribution in [1.29, 1.82) is 0 Å². The van der Waals surface area contributed by atoms with E-state index in [1.165, 1.54) is 58.4 Å². The van der Waals surface area contributed by atoms with Crippen LogP contribution in [-0.2, 0) is 0 Å². The second-order valence-electron chi connectivity index (χ2n) is 7.38. The number of rotatable bonds is 5. The number of hydrogen-bond acceptors (Lipinski definition) is 2. The summed E-state index contributed by atoms with van der Waals surface area (Å²) in [5.74, 6) is 0.870. The van der Waals surface area contributed by atoms with Crippen LogP contribution in [0.25, 0.3) is 0 Å². The van der Waals surface area contributed by atoms with E-state index in [0.29, 0.717) is 5.41 Å². The molecule has 0 aromatic rings. The van der Waals surface area contributed by atoms with Crippen LogP contribution in [0.2, 0.25) is 0 Å². The molecule has 0 saturated carbocycles. The van der Waals surface area contributed by atoms with E-state index in [2.05, 4.69) is 37.5 Å². The Kier molecular flexibility index (Phi) is 4.71. The fraction of sp³-hybridized carbons (Fsp3) is 1.00. The van der Waals surface area contributed by atoms with Crippen LogP contribution in [0.5, 0.6) is 0 Å². The molecule has 0 atom stereocenters. The van der Waals surface area contributed by atoms with Crippen molar-refractivity contribution < 1.29 is 0 Å². The Morgan fingerprint density at radius 3 is 2.11 bits per heavy atom. The molecule has 0 aromatic carbocycles. The van der Waals surface area contributed by atoms with Gasteiger partial charge in [-0.15, -0.1) is 0 Å². The van der Waals surface area contributed by atoms with Gasteiger partial charge in [-0.1, -0.05) is 13.8 Å². The molecule has 0 N–H and O–H groups in total. The van der Waals surface area contributed by atoms with Gasteiger partial charge in [-0.3, -0.25) is 0 Å². The highest BCUT2D eigenvalue weighted by Crippen LogP contribution is 2.40. The Bertz CT molecular complexity index is 244. The molecule has 2 aliphatic heterocycles. The van der Waals surface area contributed by atoms with Crippen molar-refractivity contribution in [3.63, 3.8) is 0 Å². The molecule has 1 spiro atoms. The number of likely N-dealkylation sites (tertiary alicyclic amines) is 2. The summed E-state index contributed by atoms with van der Waals surface area (Å²) in [7, 11) is 0. The maximum absolute atomic E-state index is 2.69. The summed E-state index contributed by atoms with van der Waals surface area (Å²) in [6, 6.07) is 0.740. The molecule has 2 fully saturated rings. The third-order valence-corrected chi connectivity index (χ3v) is 4.96. The van der Waals surface area contributed by atoms with Crippen molar-refractivity contribution in [3.8, 4) is 0 Å². The third-order valence-electron chi connectivity index (χ3n) is 4.96. The minimum Gasteiger partial charge on any atom is -0.302 e. The first kappa shape index (κ1) is 14.3. The molecule has 0 radical (unpaired) electrons. The summed E-state index contributed by atoms with van der Waals surface area (Å²) in [6.45, 7) is 16.1. The lowest BCUT2D eigenvalue weighted by Crippen LogP contribution is -2.60. The molecule has 2 aliphatic rings. The molecule has 0 unspecified atom stereocenters. The Hall–Kier alpha value is -0.0800. The van der Waals surface area contributed by atoms with Crippen LogP contribution < -0.4 is 0 Å². The van der Waals surface area contributed by atoms with Gasteiger partial charge in [0.25, 0.3) is 0 Å². The SMILES string of the molecule is CC(C)CCCN1CC2(CCN(C(C)C)CC2)C1. The summed E-state index contributed by atoms with van der Waals surface area (Å²) < 4.78 is 0. The van der Waals surface area contributed by atoms with E-state index in [0.717, 1.165) is 12.0 Å². The van der Waals surface area contributed by atoms with Crippen LogP contribution in [0.1, 0.15) is 53.4 Å². The zero-order chi connectivity index (χ0) is 13.2. The van der Waals surface area contributed by atoms with Crippen molar-refractivity contribution in [1.82, 2.24) is 9.80 Å². The predicted molar refractivity (Wildman–Crippen MR) is 78.9 cm³/mol. The van der Waals surface area contributed by atoms with Crippen LogP contribution in [0.15, 0.2) is 0 Å². The lowest BCUT2D eigenvalue weighted by Gasteiger charge is -2.54. The van der Waals surface area contributed by atoms with Gasteiger partial charge in [-0.05, 0) is 70.5 Å². The Morgan fingerprint density at radius 2 is 1.61 bits per heavy atom. The summed E-state index contributed by atoms with van der Waals surface area (Å²) in [5.41, 5.74) is 0.712. The van der Waals surface area contributed by atoms with Gasteiger partial charge >= 0.3 is 0 Å². The lowest BCUT2D eigenvalue weighted by atomic mass is 9.71. The zero-order valence-electron chi connectivity index (χ0n) is 12.9. The number of piperidine rings is 1. The highest BCUT2D eigenvalue weighted by Gasteiger charge is 2.44. The Labute approximate surface area is 114 Å². The molecule has 2 saturated heterocycles. The molecular weight excluding hydrogens is 220 g/mol. The molecule has 0 amide bonds. The maximum Gasteiger partial charge on any atom is 0.00514 e. The molecule has 0 aromatic heterocycles. The monoisotopic (exact) mass is 252 g/mol. The molecule has 0 aliphatic carbocycles. The minimum absolute atomic E-state index is 0.712. The van der Waals surface area contributed by atoms with E-state index in [1.807, 2.05) is 0 Å². The molecule has 2 heteroatoms. The van der Waals surface area contributed by atoms with Crippen LogP contribution in [0, 0.1) is 11.3 Å². The average molecular weight is 252 g/mol. The van der Waals surface area contributed by atoms with Crippen molar-refractivity contribution in [2.75, 3.05) is 32.7 Å². The second kappa shape index (κ2) is 5.92. The third kappa shape index (κ3) is 3.48.